The Morgan fingerprint density at radius 2 is 2.00 bits per heavy atom. The van der Waals surface area contributed by atoms with Gasteiger partial charge in [-0.1, -0.05) is 36.3 Å². The summed E-state index contributed by atoms with van der Waals surface area (Å²) in [6.07, 6.45) is 7.25. The maximum Gasteiger partial charge on any atom is 0.0591 e. The second-order valence-electron chi connectivity index (χ2n) is 3.58. The molecule has 0 aliphatic rings. The van der Waals surface area contributed by atoms with Gasteiger partial charge in [-0.25, -0.2) is 0 Å². The molecule has 0 heterocycles. The first-order chi connectivity index (χ1) is 7.93. The van der Waals surface area contributed by atoms with E-state index in [2.05, 4.69) is 35.5 Å². The third kappa shape index (κ3) is 6.23. The zero-order chi connectivity index (χ0) is 11.5. The summed E-state index contributed by atoms with van der Waals surface area (Å²) < 4.78 is 5.47. The molecule has 0 amide bonds. The molecule has 1 N–H and O–H groups in total. The molecule has 0 saturated carbocycles. The molecule has 1 rings (SSSR count). The second-order valence-corrected chi connectivity index (χ2v) is 3.58. The summed E-state index contributed by atoms with van der Waals surface area (Å²) in [5.41, 5.74) is 1.37. The minimum atomic E-state index is 0.618. The molecule has 16 heavy (non-hydrogen) atoms. The highest BCUT2D eigenvalue weighted by Gasteiger charge is 1.92. The highest BCUT2D eigenvalue weighted by Crippen LogP contribution is 2.01. The molecule has 0 bridgehead atoms. The Kier molecular flexibility index (Phi) is 7.15. The van der Waals surface area contributed by atoms with Crippen molar-refractivity contribution >= 4 is 0 Å². The molecule has 0 atom stereocenters. The fourth-order valence-electron chi connectivity index (χ4n) is 1.43. The SMILES string of the molecule is C#CCNCCOCCCc1ccccc1. The third-order valence-electron chi connectivity index (χ3n) is 2.25. The Hall–Kier alpha value is -1.30. The van der Waals surface area contributed by atoms with Crippen LogP contribution >= 0.6 is 0 Å². The van der Waals surface area contributed by atoms with Crippen molar-refractivity contribution in [2.45, 2.75) is 12.8 Å². The summed E-state index contributed by atoms with van der Waals surface area (Å²) in [4.78, 5) is 0. The standard InChI is InChI=1S/C14H19NO/c1-2-10-15-11-13-16-12-6-9-14-7-4-3-5-8-14/h1,3-5,7-8,15H,6,9-13H2. The van der Waals surface area contributed by atoms with Crippen LogP contribution in [-0.2, 0) is 11.2 Å². The lowest BCUT2D eigenvalue weighted by atomic mass is 10.1. The minimum Gasteiger partial charge on any atom is -0.380 e. The van der Waals surface area contributed by atoms with Crippen LogP contribution in [0.4, 0.5) is 0 Å². The fraction of sp³-hybridized carbons (Fsp3) is 0.429. The van der Waals surface area contributed by atoms with Crippen molar-refractivity contribution in [3.05, 3.63) is 35.9 Å². The fourth-order valence-corrected chi connectivity index (χ4v) is 1.43. The van der Waals surface area contributed by atoms with Crippen LogP contribution in [0.2, 0.25) is 0 Å². The lowest BCUT2D eigenvalue weighted by Crippen LogP contribution is -2.20. The van der Waals surface area contributed by atoms with Gasteiger partial charge in [0, 0.05) is 13.2 Å². The van der Waals surface area contributed by atoms with Gasteiger partial charge in [0.05, 0.1) is 13.2 Å². The van der Waals surface area contributed by atoms with E-state index in [0.29, 0.717) is 6.54 Å². The number of rotatable bonds is 8. The van der Waals surface area contributed by atoms with Gasteiger partial charge in [-0.15, -0.1) is 6.42 Å². The predicted octanol–water partition coefficient (Wildman–Crippen LogP) is 1.86. The monoisotopic (exact) mass is 217 g/mol. The highest BCUT2D eigenvalue weighted by atomic mass is 16.5. The van der Waals surface area contributed by atoms with Gasteiger partial charge in [-0.05, 0) is 18.4 Å². The first-order valence-electron chi connectivity index (χ1n) is 5.69. The van der Waals surface area contributed by atoms with E-state index in [0.717, 1.165) is 32.6 Å². The summed E-state index contributed by atoms with van der Waals surface area (Å²) >= 11 is 0. The molecule has 0 saturated heterocycles. The molecular weight excluding hydrogens is 198 g/mol. The first kappa shape index (κ1) is 12.8. The summed E-state index contributed by atoms with van der Waals surface area (Å²) in [6.45, 7) is 2.99. The van der Waals surface area contributed by atoms with Gasteiger partial charge in [-0.3, -0.25) is 0 Å². The smallest absolute Gasteiger partial charge is 0.0591 e. The van der Waals surface area contributed by atoms with Gasteiger partial charge in [0.2, 0.25) is 0 Å². The number of ether oxygens (including phenoxy) is 1. The average molecular weight is 217 g/mol. The van der Waals surface area contributed by atoms with Crippen LogP contribution in [0.3, 0.4) is 0 Å². The largest absolute Gasteiger partial charge is 0.380 e. The quantitative estimate of drug-likeness (QED) is 0.530. The van der Waals surface area contributed by atoms with E-state index >= 15 is 0 Å². The van der Waals surface area contributed by atoms with Crippen molar-refractivity contribution < 1.29 is 4.74 Å². The predicted molar refractivity (Wildman–Crippen MR) is 67.3 cm³/mol. The molecule has 0 aliphatic carbocycles. The minimum absolute atomic E-state index is 0.618. The van der Waals surface area contributed by atoms with Crippen LogP contribution in [0.25, 0.3) is 0 Å². The molecule has 1 aromatic rings. The Morgan fingerprint density at radius 1 is 1.19 bits per heavy atom. The average Bonchev–Trinajstić information content (AvgIpc) is 2.34. The summed E-state index contributed by atoms with van der Waals surface area (Å²) in [5, 5.41) is 3.08. The van der Waals surface area contributed by atoms with Crippen molar-refractivity contribution in [3.8, 4) is 12.3 Å². The van der Waals surface area contributed by atoms with Crippen molar-refractivity contribution in [2.24, 2.45) is 0 Å². The molecule has 0 unspecified atom stereocenters. The van der Waals surface area contributed by atoms with Gasteiger partial charge in [0.15, 0.2) is 0 Å². The normalized spacial score (nSPS) is 9.94. The van der Waals surface area contributed by atoms with Crippen LogP contribution in [0.15, 0.2) is 30.3 Å². The zero-order valence-corrected chi connectivity index (χ0v) is 9.61. The van der Waals surface area contributed by atoms with Crippen LogP contribution in [0.5, 0.6) is 0 Å². The van der Waals surface area contributed by atoms with Crippen LogP contribution in [-0.4, -0.2) is 26.3 Å². The second kappa shape index (κ2) is 8.96. The number of nitrogens with one attached hydrogen (secondary N) is 1. The van der Waals surface area contributed by atoms with Gasteiger partial charge in [0.1, 0.15) is 0 Å². The Bertz CT molecular complexity index is 302. The molecule has 86 valence electrons. The van der Waals surface area contributed by atoms with Crippen LogP contribution in [0.1, 0.15) is 12.0 Å². The maximum atomic E-state index is 5.47. The first-order valence-corrected chi connectivity index (χ1v) is 5.69. The zero-order valence-electron chi connectivity index (χ0n) is 9.61. The van der Waals surface area contributed by atoms with E-state index in [-0.39, 0.29) is 0 Å². The van der Waals surface area contributed by atoms with E-state index in [1.165, 1.54) is 5.56 Å². The van der Waals surface area contributed by atoms with Crippen molar-refractivity contribution in [1.82, 2.24) is 5.32 Å². The van der Waals surface area contributed by atoms with Gasteiger partial charge < -0.3 is 10.1 Å². The maximum absolute atomic E-state index is 5.47. The number of terminal acetylenes is 1. The van der Waals surface area contributed by atoms with Gasteiger partial charge in [-0.2, -0.15) is 0 Å². The highest BCUT2D eigenvalue weighted by molar-refractivity contribution is 5.14. The Labute approximate surface area is 98.0 Å². The van der Waals surface area contributed by atoms with Crippen molar-refractivity contribution in [1.29, 1.82) is 0 Å². The molecular formula is C14H19NO. The molecule has 1 aromatic carbocycles. The molecule has 0 aromatic heterocycles. The Balaban J connectivity index is 1.91. The van der Waals surface area contributed by atoms with E-state index in [4.69, 9.17) is 11.2 Å². The summed E-state index contributed by atoms with van der Waals surface area (Å²) in [5.74, 6) is 2.52. The lowest BCUT2D eigenvalue weighted by Gasteiger charge is -2.04. The van der Waals surface area contributed by atoms with E-state index in [1.54, 1.807) is 0 Å². The number of hydrogen-bond donors (Lipinski definition) is 1. The topological polar surface area (TPSA) is 21.3 Å². The molecule has 0 fully saturated rings. The molecule has 0 aliphatic heterocycles. The molecule has 0 spiro atoms. The van der Waals surface area contributed by atoms with Crippen molar-refractivity contribution in [2.75, 3.05) is 26.3 Å². The number of hydrogen-bond acceptors (Lipinski definition) is 2. The van der Waals surface area contributed by atoms with Gasteiger partial charge >= 0.3 is 0 Å². The molecule has 0 radical (unpaired) electrons. The summed E-state index contributed by atoms with van der Waals surface area (Å²) in [7, 11) is 0. The summed E-state index contributed by atoms with van der Waals surface area (Å²) in [6, 6.07) is 10.5. The Morgan fingerprint density at radius 3 is 2.75 bits per heavy atom. The number of aryl methyl sites for hydroxylation is 1. The number of benzene rings is 1. The van der Waals surface area contributed by atoms with E-state index < -0.39 is 0 Å². The molecule has 2 heteroatoms. The van der Waals surface area contributed by atoms with Gasteiger partial charge in [0.25, 0.3) is 0 Å². The van der Waals surface area contributed by atoms with Crippen LogP contribution < -0.4 is 5.32 Å². The van der Waals surface area contributed by atoms with E-state index in [1.807, 2.05) is 6.07 Å². The van der Waals surface area contributed by atoms with Crippen LogP contribution in [0, 0.1) is 12.3 Å². The third-order valence-corrected chi connectivity index (χ3v) is 2.25. The lowest BCUT2D eigenvalue weighted by molar-refractivity contribution is 0.134. The van der Waals surface area contributed by atoms with E-state index in [9.17, 15) is 0 Å². The molecule has 2 nitrogen and oxygen atoms in total. The van der Waals surface area contributed by atoms with Crippen molar-refractivity contribution in [3.63, 3.8) is 0 Å².